The molecule has 0 unspecified atom stereocenters. The van der Waals surface area contributed by atoms with Crippen molar-refractivity contribution in [1.82, 2.24) is 14.4 Å². The first-order valence-corrected chi connectivity index (χ1v) is 11.1. The van der Waals surface area contributed by atoms with E-state index in [1.165, 1.54) is 12.3 Å². The molecule has 9 heteroatoms. The van der Waals surface area contributed by atoms with Crippen LogP contribution >= 0.6 is 0 Å². The normalized spacial score (nSPS) is 12.9. The third-order valence-corrected chi connectivity index (χ3v) is 6.89. The smallest absolute Gasteiger partial charge is 0.233 e. The molecular weight excluding hydrogens is 418 g/mol. The molecule has 5 rings (SSSR count). The number of carbonyl (C=O) groups is 1. The molecule has 1 aliphatic heterocycles. The lowest BCUT2D eigenvalue weighted by atomic mass is 10.0. The van der Waals surface area contributed by atoms with Crippen molar-refractivity contribution in [1.29, 1.82) is 0 Å². The molecule has 0 saturated heterocycles. The molecule has 31 heavy (non-hydrogen) atoms. The van der Waals surface area contributed by atoms with Crippen molar-refractivity contribution in [3.05, 3.63) is 78.4 Å². The fourth-order valence-corrected chi connectivity index (χ4v) is 4.85. The summed E-state index contributed by atoms with van der Waals surface area (Å²) in [6.45, 7) is -0.00185. The van der Waals surface area contributed by atoms with E-state index < -0.39 is 9.84 Å². The second-order valence-electron chi connectivity index (χ2n) is 7.04. The second kappa shape index (κ2) is 7.51. The summed E-state index contributed by atoms with van der Waals surface area (Å²) in [7, 11) is -3.76. The third kappa shape index (κ3) is 3.53. The molecule has 0 fully saturated rings. The van der Waals surface area contributed by atoms with Crippen LogP contribution in [-0.2, 0) is 16.3 Å². The lowest BCUT2D eigenvalue weighted by Crippen LogP contribution is -2.05. The summed E-state index contributed by atoms with van der Waals surface area (Å²) >= 11 is 0. The zero-order chi connectivity index (χ0) is 21.4. The molecule has 0 radical (unpaired) electrons. The number of sulfone groups is 1. The van der Waals surface area contributed by atoms with Crippen molar-refractivity contribution in [3.8, 4) is 11.5 Å². The van der Waals surface area contributed by atoms with E-state index >= 15 is 0 Å². The zero-order valence-corrected chi connectivity index (χ0v) is 17.1. The number of imidazole rings is 1. The van der Waals surface area contributed by atoms with Gasteiger partial charge in [0.15, 0.2) is 17.3 Å². The molecule has 2 aromatic heterocycles. The van der Waals surface area contributed by atoms with Gasteiger partial charge in [0.05, 0.1) is 10.5 Å². The van der Waals surface area contributed by atoms with Crippen LogP contribution in [-0.4, -0.2) is 35.4 Å². The Bertz CT molecular complexity index is 1390. The Morgan fingerprint density at radius 1 is 1.06 bits per heavy atom. The average molecular weight is 435 g/mol. The molecule has 4 aromatic rings. The maximum Gasteiger partial charge on any atom is 0.233 e. The number of aromatic nitrogens is 3. The molecule has 0 aliphatic carbocycles. The van der Waals surface area contributed by atoms with Gasteiger partial charge in [0.2, 0.25) is 22.4 Å². The highest BCUT2D eigenvalue weighted by Gasteiger charge is 2.27. The summed E-state index contributed by atoms with van der Waals surface area (Å²) in [5.74, 6) is 1.14. The Morgan fingerprint density at radius 2 is 1.90 bits per heavy atom. The van der Waals surface area contributed by atoms with Crippen LogP contribution in [0.15, 0.2) is 77.0 Å². The van der Waals surface area contributed by atoms with E-state index in [1.54, 1.807) is 59.4 Å². The number of ketones is 1. The molecule has 0 N–H and O–H groups in total. The molecule has 8 nitrogen and oxygen atoms in total. The van der Waals surface area contributed by atoms with Gasteiger partial charge in [0.1, 0.15) is 4.90 Å². The Kier molecular flexibility index (Phi) is 4.67. The van der Waals surface area contributed by atoms with Gasteiger partial charge in [-0.3, -0.25) is 9.20 Å². The van der Waals surface area contributed by atoms with Gasteiger partial charge in [-0.1, -0.05) is 18.2 Å². The van der Waals surface area contributed by atoms with Crippen LogP contribution in [0.3, 0.4) is 0 Å². The van der Waals surface area contributed by atoms with E-state index in [0.29, 0.717) is 23.5 Å². The molecular formula is C22H17N3O5S. The number of fused-ring (bicyclic) bond motifs is 2. The number of benzene rings is 2. The molecule has 0 amide bonds. The van der Waals surface area contributed by atoms with E-state index in [4.69, 9.17) is 9.47 Å². The van der Waals surface area contributed by atoms with Crippen LogP contribution < -0.4 is 9.47 Å². The molecule has 2 aromatic carbocycles. The maximum absolute atomic E-state index is 13.0. The fraction of sp³-hybridized carbons (Fsp3) is 0.136. The largest absolute Gasteiger partial charge is 0.454 e. The maximum atomic E-state index is 13.0. The SMILES string of the molecule is O=C(CCc1ccc(S(=O)(=O)c2cccc3c2OCO3)cc1)c1cnc2nccn2c1. The molecule has 3 heterocycles. The highest BCUT2D eigenvalue weighted by Crippen LogP contribution is 2.40. The predicted octanol–water partition coefficient (Wildman–Crippen LogP) is 3.11. The van der Waals surface area contributed by atoms with Crippen molar-refractivity contribution in [2.75, 3.05) is 6.79 Å². The number of carbonyl (C=O) groups excluding carboxylic acids is 1. The van der Waals surface area contributed by atoms with Gasteiger partial charge in [-0.15, -0.1) is 0 Å². The van der Waals surface area contributed by atoms with E-state index in [2.05, 4.69) is 9.97 Å². The number of aryl methyl sites for hydroxylation is 1. The molecule has 0 bridgehead atoms. The van der Waals surface area contributed by atoms with Crippen molar-refractivity contribution in [3.63, 3.8) is 0 Å². The number of hydrogen-bond acceptors (Lipinski definition) is 7. The monoisotopic (exact) mass is 435 g/mol. The van der Waals surface area contributed by atoms with E-state index in [9.17, 15) is 13.2 Å². The van der Waals surface area contributed by atoms with E-state index in [0.717, 1.165) is 5.56 Å². The number of ether oxygens (including phenoxy) is 2. The number of Topliss-reactive ketones (excluding diaryl/α,β-unsaturated/α-hetero) is 1. The van der Waals surface area contributed by atoms with Crippen LogP contribution in [0, 0.1) is 0 Å². The minimum Gasteiger partial charge on any atom is -0.454 e. The molecule has 0 saturated carbocycles. The predicted molar refractivity (Wildman–Crippen MR) is 110 cm³/mol. The lowest BCUT2D eigenvalue weighted by molar-refractivity contribution is 0.0982. The van der Waals surface area contributed by atoms with Crippen LogP contribution in [0.4, 0.5) is 0 Å². The van der Waals surface area contributed by atoms with Crippen LogP contribution in [0.2, 0.25) is 0 Å². The van der Waals surface area contributed by atoms with Crippen LogP contribution in [0.5, 0.6) is 11.5 Å². The third-order valence-electron chi connectivity index (χ3n) is 5.09. The van der Waals surface area contributed by atoms with Crippen LogP contribution in [0.25, 0.3) is 5.78 Å². The van der Waals surface area contributed by atoms with Gasteiger partial charge >= 0.3 is 0 Å². The number of rotatable bonds is 6. The summed E-state index contributed by atoms with van der Waals surface area (Å²) in [6, 6.07) is 11.3. The molecule has 156 valence electrons. The number of para-hydroxylation sites is 1. The highest BCUT2D eigenvalue weighted by molar-refractivity contribution is 7.91. The number of hydrogen-bond donors (Lipinski definition) is 0. The summed E-state index contributed by atoms with van der Waals surface area (Å²) in [6.07, 6.45) is 7.35. The lowest BCUT2D eigenvalue weighted by Gasteiger charge is -2.08. The average Bonchev–Trinajstić information content (AvgIpc) is 3.46. The second-order valence-corrected chi connectivity index (χ2v) is 8.96. The van der Waals surface area contributed by atoms with Crippen LogP contribution in [0.1, 0.15) is 22.3 Å². The summed E-state index contributed by atoms with van der Waals surface area (Å²) in [5, 5.41) is 0. The van der Waals surface area contributed by atoms with Crippen molar-refractivity contribution < 1.29 is 22.7 Å². The van der Waals surface area contributed by atoms with Gasteiger partial charge in [-0.2, -0.15) is 0 Å². The summed E-state index contributed by atoms with van der Waals surface area (Å²) < 4.78 is 38.4. The minimum atomic E-state index is -3.76. The molecule has 0 atom stereocenters. The summed E-state index contributed by atoms with van der Waals surface area (Å²) in [5.41, 5.74) is 1.37. The van der Waals surface area contributed by atoms with Gasteiger partial charge < -0.3 is 9.47 Å². The van der Waals surface area contributed by atoms with Gasteiger partial charge in [-0.25, -0.2) is 18.4 Å². The first-order chi connectivity index (χ1) is 15.0. The van der Waals surface area contributed by atoms with E-state index in [1.807, 2.05) is 0 Å². The van der Waals surface area contributed by atoms with Gasteiger partial charge in [0, 0.05) is 31.2 Å². The molecule has 1 aliphatic rings. The topological polar surface area (TPSA) is 99.9 Å². The van der Waals surface area contributed by atoms with Gasteiger partial charge in [-0.05, 0) is 36.2 Å². The van der Waals surface area contributed by atoms with Crippen molar-refractivity contribution in [2.24, 2.45) is 0 Å². The quantitative estimate of drug-likeness (QED) is 0.429. The van der Waals surface area contributed by atoms with Crippen molar-refractivity contribution >= 4 is 21.4 Å². The Hall–Kier alpha value is -3.72. The Labute approximate surface area is 178 Å². The zero-order valence-electron chi connectivity index (χ0n) is 16.3. The minimum absolute atomic E-state index is 0.00185. The summed E-state index contributed by atoms with van der Waals surface area (Å²) in [4.78, 5) is 21.0. The van der Waals surface area contributed by atoms with Crippen molar-refractivity contribution in [2.45, 2.75) is 22.6 Å². The number of nitrogens with zero attached hydrogens (tertiary/aromatic N) is 3. The molecule has 0 spiro atoms. The van der Waals surface area contributed by atoms with E-state index in [-0.39, 0.29) is 34.5 Å². The first kappa shape index (κ1) is 19.3. The fourth-order valence-electron chi connectivity index (χ4n) is 3.44. The van der Waals surface area contributed by atoms with Gasteiger partial charge in [0.25, 0.3) is 0 Å². The first-order valence-electron chi connectivity index (χ1n) is 9.57. The Balaban J connectivity index is 1.31. The Morgan fingerprint density at radius 3 is 2.74 bits per heavy atom. The highest BCUT2D eigenvalue weighted by atomic mass is 32.2. The standard InChI is InChI=1S/C22H17N3O5S/c26-18(16-12-24-22-23-10-11-25(22)13-16)9-6-15-4-7-17(8-5-15)31(27,28)20-3-1-2-19-21(20)30-14-29-19/h1-5,7-8,10-13H,6,9,14H2.